The Bertz CT molecular complexity index is 598. The third-order valence-corrected chi connectivity index (χ3v) is 4.25. The van der Waals surface area contributed by atoms with E-state index in [4.69, 9.17) is 19.7 Å². The SMILES string of the molecule is C=C(c1ccccc1)c1ccccc1.O[C@@H]1CO[C@H]2[C@@H]1OC[C@@H]2O. The van der Waals surface area contributed by atoms with E-state index in [1.54, 1.807) is 0 Å². The van der Waals surface area contributed by atoms with Crippen LogP contribution in [-0.4, -0.2) is 47.8 Å². The summed E-state index contributed by atoms with van der Waals surface area (Å²) in [5.41, 5.74) is 3.43. The van der Waals surface area contributed by atoms with Crippen LogP contribution in [0.3, 0.4) is 0 Å². The van der Waals surface area contributed by atoms with E-state index < -0.39 is 12.2 Å². The number of benzene rings is 2. The molecule has 4 heteroatoms. The van der Waals surface area contributed by atoms with Gasteiger partial charge < -0.3 is 19.7 Å². The average molecular weight is 326 g/mol. The van der Waals surface area contributed by atoms with Crippen molar-refractivity contribution in [2.24, 2.45) is 0 Å². The standard InChI is InChI=1S/C14H12.C6H10O4/c1-12(13-8-4-2-5-9-13)14-10-6-3-7-11-14;7-3-1-9-6-4(8)2-10-5(3)6/h2-11H,1H2;3-8H,1-2H2/t;3-,4+,5-,6-/m.1/s1. The van der Waals surface area contributed by atoms with E-state index in [0.717, 1.165) is 5.57 Å². The summed E-state index contributed by atoms with van der Waals surface area (Å²) < 4.78 is 10.2. The summed E-state index contributed by atoms with van der Waals surface area (Å²) >= 11 is 0. The number of hydrogen-bond donors (Lipinski definition) is 2. The Morgan fingerprint density at radius 2 is 1.12 bits per heavy atom. The van der Waals surface area contributed by atoms with Crippen LogP contribution in [0.1, 0.15) is 11.1 Å². The van der Waals surface area contributed by atoms with Crippen molar-refractivity contribution in [3.63, 3.8) is 0 Å². The molecule has 2 aromatic carbocycles. The first-order valence-electron chi connectivity index (χ1n) is 8.06. The highest BCUT2D eigenvalue weighted by Crippen LogP contribution is 2.26. The van der Waals surface area contributed by atoms with Crippen LogP contribution < -0.4 is 0 Å². The van der Waals surface area contributed by atoms with Gasteiger partial charge in [-0.05, 0) is 16.7 Å². The van der Waals surface area contributed by atoms with Gasteiger partial charge in [-0.2, -0.15) is 0 Å². The van der Waals surface area contributed by atoms with Crippen LogP contribution in [0, 0.1) is 0 Å². The molecule has 2 heterocycles. The zero-order valence-electron chi connectivity index (χ0n) is 13.4. The molecule has 0 unspecified atom stereocenters. The average Bonchev–Trinajstić information content (AvgIpc) is 3.20. The molecule has 2 aliphatic rings. The Kier molecular flexibility index (Phi) is 5.43. The van der Waals surface area contributed by atoms with Crippen LogP contribution in [-0.2, 0) is 9.47 Å². The van der Waals surface area contributed by atoms with Gasteiger partial charge in [-0.15, -0.1) is 0 Å². The molecule has 0 saturated carbocycles. The Morgan fingerprint density at radius 1 is 0.750 bits per heavy atom. The van der Waals surface area contributed by atoms with Crippen molar-refractivity contribution in [1.29, 1.82) is 0 Å². The fourth-order valence-corrected chi connectivity index (χ4v) is 2.90. The predicted molar refractivity (Wildman–Crippen MR) is 92.5 cm³/mol. The monoisotopic (exact) mass is 326 g/mol. The fourth-order valence-electron chi connectivity index (χ4n) is 2.90. The van der Waals surface area contributed by atoms with E-state index in [-0.39, 0.29) is 25.4 Å². The topological polar surface area (TPSA) is 58.9 Å². The quantitative estimate of drug-likeness (QED) is 0.889. The molecule has 0 radical (unpaired) electrons. The number of aliphatic hydroxyl groups excluding tert-OH is 2. The Balaban J connectivity index is 0.000000149. The maximum atomic E-state index is 9.16. The van der Waals surface area contributed by atoms with Crippen molar-refractivity contribution in [1.82, 2.24) is 0 Å². The molecule has 126 valence electrons. The normalized spacial score (nSPS) is 27.9. The molecule has 0 spiro atoms. The van der Waals surface area contributed by atoms with Crippen molar-refractivity contribution >= 4 is 5.57 Å². The van der Waals surface area contributed by atoms with Crippen molar-refractivity contribution in [2.45, 2.75) is 24.4 Å². The van der Waals surface area contributed by atoms with E-state index >= 15 is 0 Å². The molecular weight excluding hydrogens is 304 g/mol. The maximum absolute atomic E-state index is 9.16. The third-order valence-electron chi connectivity index (χ3n) is 4.25. The predicted octanol–water partition coefficient (Wildman–Crippen LogP) is 2.25. The Morgan fingerprint density at radius 3 is 1.50 bits per heavy atom. The molecule has 24 heavy (non-hydrogen) atoms. The first-order valence-corrected chi connectivity index (χ1v) is 8.06. The van der Waals surface area contributed by atoms with Crippen LogP contribution in [0.4, 0.5) is 0 Å². The Hall–Kier alpha value is -1.98. The molecule has 0 amide bonds. The van der Waals surface area contributed by atoms with Crippen molar-refractivity contribution in [2.75, 3.05) is 13.2 Å². The highest BCUT2D eigenvalue weighted by atomic mass is 16.6. The molecule has 4 atom stereocenters. The molecular formula is C20H22O4. The smallest absolute Gasteiger partial charge is 0.114 e. The van der Waals surface area contributed by atoms with Crippen LogP contribution in [0.15, 0.2) is 67.2 Å². The number of rotatable bonds is 2. The van der Waals surface area contributed by atoms with Crippen molar-refractivity contribution in [3.8, 4) is 0 Å². The molecule has 0 aromatic heterocycles. The van der Waals surface area contributed by atoms with Crippen LogP contribution in [0.5, 0.6) is 0 Å². The number of aliphatic hydroxyl groups is 2. The second kappa shape index (κ2) is 7.73. The lowest BCUT2D eigenvalue weighted by atomic mass is 10.0. The van der Waals surface area contributed by atoms with Gasteiger partial charge in [0.05, 0.1) is 13.2 Å². The van der Waals surface area contributed by atoms with Gasteiger partial charge in [0.15, 0.2) is 0 Å². The molecule has 0 aliphatic carbocycles. The Labute approximate surface area is 142 Å². The minimum Gasteiger partial charge on any atom is -0.388 e. The second-order valence-corrected chi connectivity index (χ2v) is 5.94. The minimum atomic E-state index is -0.554. The summed E-state index contributed by atoms with van der Waals surface area (Å²) in [6.07, 6.45) is -1.70. The second-order valence-electron chi connectivity index (χ2n) is 5.94. The lowest BCUT2D eigenvalue weighted by Crippen LogP contribution is -2.30. The van der Waals surface area contributed by atoms with Gasteiger partial charge in [0.25, 0.3) is 0 Å². The summed E-state index contributed by atoms with van der Waals surface area (Å²) in [5, 5.41) is 18.3. The minimum absolute atomic E-state index is 0.284. The molecule has 4 nitrogen and oxygen atoms in total. The molecule has 0 bridgehead atoms. The van der Waals surface area contributed by atoms with Crippen LogP contribution in [0.2, 0.25) is 0 Å². The van der Waals surface area contributed by atoms with E-state index in [0.29, 0.717) is 0 Å². The van der Waals surface area contributed by atoms with E-state index in [1.807, 2.05) is 36.4 Å². The summed E-state index contributed by atoms with van der Waals surface area (Å²) in [4.78, 5) is 0. The van der Waals surface area contributed by atoms with Crippen LogP contribution >= 0.6 is 0 Å². The highest BCUT2D eigenvalue weighted by molar-refractivity contribution is 5.77. The largest absolute Gasteiger partial charge is 0.388 e. The van der Waals surface area contributed by atoms with Crippen molar-refractivity contribution < 1.29 is 19.7 Å². The summed E-state index contributed by atoms with van der Waals surface area (Å²) in [7, 11) is 0. The maximum Gasteiger partial charge on any atom is 0.114 e. The van der Waals surface area contributed by atoms with Gasteiger partial charge in [-0.1, -0.05) is 67.2 Å². The van der Waals surface area contributed by atoms with E-state index in [9.17, 15) is 0 Å². The number of fused-ring (bicyclic) bond motifs is 1. The lowest BCUT2D eigenvalue weighted by Gasteiger charge is -2.09. The van der Waals surface area contributed by atoms with Crippen molar-refractivity contribution in [3.05, 3.63) is 78.4 Å². The lowest BCUT2D eigenvalue weighted by molar-refractivity contribution is 0.00205. The zero-order chi connectivity index (χ0) is 16.9. The third kappa shape index (κ3) is 3.74. The highest BCUT2D eigenvalue weighted by Gasteiger charge is 2.46. The molecule has 2 aromatic rings. The zero-order valence-corrected chi connectivity index (χ0v) is 13.4. The first-order chi connectivity index (χ1) is 11.7. The van der Waals surface area contributed by atoms with Gasteiger partial charge in [0.1, 0.15) is 24.4 Å². The van der Waals surface area contributed by atoms with E-state index in [1.165, 1.54) is 11.1 Å². The first kappa shape index (κ1) is 16.9. The molecule has 2 saturated heterocycles. The molecule has 2 N–H and O–H groups in total. The summed E-state index contributed by atoms with van der Waals surface area (Å²) in [6, 6.07) is 20.5. The fraction of sp³-hybridized carbons (Fsp3) is 0.300. The summed E-state index contributed by atoms with van der Waals surface area (Å²) in [5.74, 6) is 0. The number of ether oxygens (including phenoxy) is 2. The van der Waals surface area contributed by atoms with Gasteiger partial charge >= 0.3 is 0 Å². The van der Waals surface area contributed by atoms with Gasteiger partial charge in [-0.3, -0.25) is 0 Å². The van der Waals surface area contributed by atoms with Gasteiger partial charge in [-0.25, -0.2) is 0 Å². The molecule has 4 rings (SSSR count). The molecule has 2 fully saturated rings. The van der Waals surface area contributed by atoms with Gasteiger partial charge in [0, 0.05) is 0 Å². The van der Waals surface area contributed by atoms with E-state index in [2.05, 4.69) is 30.8 Å². The summed E-state index contributed by atoms with van der Waals surface area (Å²) in [6.45, 7) is 4.66. The number of hydrogen-bond acceptors (Lipinski definition) is 4. The van der Waals surface area contributed by atoms with Crippen LogP contribution in [0.25, 0.3) is 5.57 Å². The van der Waals surface area contributed by atoms with Gasteiger partial charge in [0.2, 0.25) is 0 Å². The molecule has 2 aliphatic heterocycles.